The predicted molar refractivity (Wildman–Crippen MR) is 117 cm³/mol. The van der Waals surface area contributed by atoms with E-state index in [-0.39, 0.29) is 24.1 Å². The van der Waals surface area contributed by atoms with Crippen LogP contribution >= 0.6 is 0 Å². The van der Waals surface area contributed by atoms with Crippen molar-refractivity contribution in [3.63, 3.8) is 0 Å². The van der Waals surface area contributed by atoms with Gasteiger partial charge in [-0.25, -0.2) is 0 Å². The molecule has 7 nitrogen and oxygen atoms in total. The number of ether oxygens (including phenoxy) is 1. The number of aromatic nitrogens is 4. The van der Waals surface area contributed by atoms with E-state index in [2.05, 4.69) is 20.7 Å². The Bertz CT molecular complexity index is 1240. The zero-order valence-corrected chi connectivity index (χ0v) is 19.1. The molecule has 0 bridgehead atoms. The molecule has 1 unspecified atom stereocenters. The van der Waals surface area contributed by atoms with Gasteiger partial charge in [0.05, 0.1) is 37.4 Å². The number of aryl methyl sites for hydroxylation is 1. The summed E-state index contributed by atoms with van der Waals surface area (Å²) < 4.78 is 86.5. The van der Waals surface area contributed by atoms with Gasteiger partial charge in [0.1, 0.15) is 0 Å². The first kappa shape index (κ1) is 24.3. The number of nitrogens with zero attached hydrogens (tertiary/aromatic N) is 5. The summed E-state index contributed by atoms with van der Waals surface area (Å²) in [5.74, 6) is 0.109. The average Bonchev–Trinajstić information content (AvgIpc) is 3.39. The van der Waals surface area contributed by atoms with E-state index < -0.39 is 29.5 Å². The molecule has 0 fully saturated rings. The predicted octanol–water partition coefficient (Wildman–Crippen LogP) is 5.23. The van der Waals surface area contributed by atoms with Gasteiger partial charge in [-0.2, -0.15) is 31.1 Å². The van der Waals surface area contributed by atoms with Crippen LogP contribution < -0.4 is 10.2 Å². The molecular weight excluding hydrogens is 490 g/mol. The summed E-state index contributed by atoms with van der Waals surface area (Å²) in [5.41, 5.74) is 0.844. The third-order valence-electron chi connectivity index (χ3n) is 6.35. The molecule has 1 atom stereocenters. The zero-order chi connectivity index (χ0) is 25.7. The standard InChI is InChI=1S/C23H22F6N6O/c1-34-32-21(31-33-34)35(10-13-5-16(22(24,25)26)9-17(6-13)23(27,28)29)20-3-2-4-30-19-8-15-12-36-11-14(15)7-18(19)20/h5-9,20,30H,2-4,10-12H2,1H3. The van der Waals surface area contributed by atoms with Crippen molar-refractivity contribution in [3.05, 3.63) is 63.7 Å². The number of hydrogen-bond donors (Lipinski definition) is 1. The van der Waals surface area contributed by atoms with E-state index in [1.54, 1.807) is 4.90 Å². The first-order valence-corrected chi connectivity index (χ1v) is 11.3. The molecule has 13 heteroatoms. The lowest BCUT2D eigenvalue weighted by Crippen LogP contribution is -2.30. The Kier molecular flexibility index (Phi) is 6.05. The minimum atomic E-state index is -4.94. The monoisotopic (exact) mass is 512 g/mol. The van der Waals surface area contributed by atoms with Crippen LogP contribution in [0.2, 0.25) is 0 Å². The van der Waals surface area contributed by atoms with Crippen LogP contribution in [0.25, 0.3) is 0 Å². The number of nitrogens with one attached hydrogen (secondary N) is 1. The third kappa shape index (κ3) is 4.84. The fourth-order valence-corrected chi connectivity index (χ4v) is 4.69. The summed E-state index contributed by atoms with van der Waals surface area (Å²) in [6.45, 7) is 1.29. The van der Waals surface area contributed by atoms with Crippen LogP contribution in [0.4, 0.5) is 38.0 Å². The second-order valence-electron chi connectivity index (χ2n) is 8.91. The van der Waals surface area contributed by atoms with Gasteiger partial charge in [-0.05, 0) is 70.6 Å². The molecular formula is C23H22F6N6O. The smallest absolute Gasteiger partial charge is 0.385 e. The molecule has 2 aliphatic rings. The molecule has 0 radical (unpaired) electrons. The summed E-state index contributed by atoms with van der Waals surface area (Å²) >= 11 is 0. The summed E-state index contributed by atoms with van der Waals surface area (Å²) in [5, 5.41) is 15.5. The number of halogens is 6. The molecule has 1 aromatic heterocycles. The normalized spacial score (nSPS) is 17.8. The van der Waals surface area contributed by atoms with Crippen molar-refractivity contribution in [1.29, 1.82) is 0 Å². The van der Waals surface area contributed by atoms with Gasteiger partial charge in [-0.1, -0.05) is 5.10 Å². The van der Waals surface area contributed by atoms with Crippen LogP contribution in [-0.2, 0) is 43.9 Å². The van der Waals surface area contributed by atoms with E-state index >= 15 is 0 Å². The van der Waals surface area contributed by atoms with E-state index in [4.69, 9.17) is 4.74 Å². The van der Waals surface area contributed by atoms with Gasteiger partial charge >= 0.3 is 12.4 Å². The highest BCUT2D eigenvalue weighted by atomic mass is 19.4. The number of tetrazole rings is 1. The first-order chi connectivity index (χ1) is 17.0. The largest absolute Gasteiger partial charge is 0.416 e. The fraction of sp³-hybridized carbons (Fsp3) is 0.435. The van der Waals surface area contributed by atoms with Gasteiger partial charge < -0.3 is 15.0 Å². The summed E-state index contributed by atoms with van der Waals surface area (Å²) in [6.07, 6.45) is -8.59. The van der Waals surface area contributed by atoms with E-state index in [0.29, 0.717) is 32.6 Å². The van der Waals surface area contributed by atoms with Gasteiger partial charge in [0.2, 0.25) is 0 Å². The van der Waals surface area contributed by atoms with Crippen LogP contribution in [0.3, 0.4) is 0 Å². The van der Waals surface area contributed by atoms with Crippen molar-refractivity contribution in [2.24, 2.45) is 7.05 Å². The second-order valence-corrected chi connectivity index (χ2v) is 8.91. The van der Waals surface area contributed by atoms with Crippen molar-refractivity contribution >= 4 is 11.6 Å². The molecule has 1 N–H and O–H groups in total. The highest BCUT2D eigenvalue weighted by Gasteiger charge is 2.38. The minimum Gasteiger partial charge on any atom is -0.385 e. The second kappa shape index (κ2) is 8.95. The van der Waals surface area contributed by atoms with E-state index in [1.807, 2.05) is 12.1 Å². The molecule has 0 amide bonds. The average molecular weight is 512 g/mol. The van der Waals surface area contributed by atoms with Crippen molar-refractivity contribution in [3.8, 4) is 0 Å². The topological polar surface area (TPSA) is 68.1 Å². The van der Waals surface area contributed by atoms with Crippen molar-refractivity contribution < 1.29 is 31.1 Å². The van der Waals surface area contributed by atoms with Crippen molar-refractivity contribution in [1.82, 2.24) is 20.2 Å². The quantitative estimate of drug-likeness (QED) is 0.483. The maximum Gasteiger partial charge on any atom is 0.416 e. The molecule has 2 aromatic carbocycles. The Morgan fingerprint density at radius 1 is 1.00 bits per heavy atom. The molecule has 0 spiro atoms. The molecule has 3 heterocycles. The molecule has 0 aliphatic carbocycles. The van der Waals surface area contributed by atoms with Crippen LogP contribution in [0.1, 0.15) is 52.3 Å². The molecule has 2 aliphatic heterocycles. The number of rotatable bonds is 4. The van der Waals surface area contributed by atoms with Gasteiger partial charge in [0.15, 0.2) is 0 Å². The van der Waals surface area contributed by atoms with Crippen LogP contribution in [0, 0.1) is 0 Å². The Labute approximate surface area is 202 Å². The Hall–Kier alpha value is -3.35. The van der Waals surface area contributed by atoms with Crippen molar-refractivity contribution in [2.45, 2.75) is 51.0 Å². The van der Waals surface area contributed by atoms with Gasteiger partial charge in [0, 0.05) is 18.8 Å². The molecule has 0 saturated carbocycles. The van der Waals surface area contributed by atoms with Gasteiger partial charge in [-0.15, -0.1) is 5.10 Å². The zero-order valence-electron chi connectivity index (χ0n) is 19.1. The lowest BCUT2D eigenvalue weighted by molar-refractivity contribution is -0.143. The number of benzene rings is 2. The van der Waals surface area contributed by atoms with Crippen LogP contribution in [0.15, 0.2) is 30.3 Å². The Morgan fingerprint density at radius 2 is 1.67 bits per heavy atom. The Morgan fingerprint density at radius 3 is 2.28 bits per heavy atom. The molecule has 36 heavy (non-hydrogen) atoms. The van der Waals surface area contributed by atoms with E-state index in [9.17, 15) is 26.3 Å². The number of alkyl halides is 6. The van der Waals surface area contributed by atoms with Crippen molar-refractivity contribution in [2.75, 3.05) is 16.8 Å². The number of anilines is 2. The highest BCUT2D eigenvalue weighted by Crippen LogP contribution is 2.41. The number of hydrogen-bond acceptors (Lipinski definition) is 6. The summed E-state index contributed by atoms with van der Waals surface area (Å²) in [6, 6.07) is 5.16. The van der Waals surface area contributed by atoms with Crippen LogP contribution in [0.5, 0.6) is 0 Å². The van der Waals surface area contributed by atoms with Crippen LogP contribution in [-0.4, -0.2) is 26.8 Å². The highest BCUT2D eigenvalue weighted by molar-refractivity contribution is 5.60. The third-order valence-corrected chi connectivity index (χ3v) is 6.35. The molecule has 3 aromatic rings. The fourth-order valence-electron chi connectivity index (χ4n) is 4.69. The summed E-state index contributed by atoms with van der Waals surface area (Å²) in [4.78, 5) is 2.82. The minimum absolute atomic E-state index is 0.109. The lowest BCUT2D eigenvalue weighted by Gasteiger charge is -2.32. The van der Waals surface area contributed by atoms with Gasteiger partial charge in [0.25, 0.3) is 5.95 Å². The summed E-state index contributed by atoms with van der Waals surface area (Å²) in [7, 11) is 1.54. The maximum absolute atomic E-state index is 13.5. The molecule has 192 valence electrons. The first-order valence-electron chi connectivity index (χ1n) is 11.3. The number of fused-ring (bicyclic) bond motifs is 2. The lowest BCUT2D eigenvalue weighted by atomic mass is 9.95. The Balaban J connectivity index is 1.61. The maximum atomic E-state index is 13.5. The van der Waals surface area contributed by atoms with E-state index in [0.717, 1.165) is 34.5 Å². The SMILES string of the molecule is Cn1nnc(N(Cc2cc(C(F)(F)F)cc(C(F)(F)F)c2)C2CCCNc3cc4c(cc32)COC4)n1. The molecule has 5 rings (SSSR count). The molecule has 0 saturated heterocycles. The van der Waals surface area contributed by atoms with Gasteiger partial charge in [-0.3, -0.25) is 0 Å². The van der Waals surface area contributed by atoms with E-state index in [1.165, 1.54) is 11.8 Å².